The van der Waals surface area contributed by atoms with Crippen LogP contribution in [0.5, 0.6) is 0 Å². The second-order valence-electron chi connectivity index (χ2n) is 9.96. The number of amides is 2. The van der Waals surface area contributed by atoms with Crippen molar-refractivity contribution >= 4 is 17.8 Å². The molecule has 3 aliphatic heterocycles. The number of unbranched alkanes of at least 4 members (excludes halogenated alkanes) is 8. The molecule has 3 aliphatic rings. The number of imide groups is 1. The van der Waals surface area contributed by atoms with E-state index in [1.807, 2.05) is 12.2 Å². The summed E-state index contributed by atoms with van der Waals surface area (Å²) in [5.41, 5.74) is -0.544. The van der Waals surface area contributed by atoms with Crippen molar-refractivity contribution in [3.63, 3.8) is 0 Å². The molecule has 2 bridgehead atoms. The van der Waals surface area contributed by atoms with E-state index in [2.05, 4.69) is 6.58 Å². The van der Waals surface area contributed by atoms with Crippen molar-refractivity contribution in [1.29, 1.82) is 0 Å². The van der Waals surface area contributed by atoms with Gasteiger partial charge >= 0.3 is 5.97 Å². The maximum atomic E-state index is 13.1. The summed E-state index contributed by atoms with van der Waals surface area (Å²) in [5.74, 6) is -1.94. The summed E-state index contributed by atoms with van der Waals surface area (Å²) < 4.78 is 17.1. The second kappa shape index (κ2) is 13.3. The van der Waals surface area contributed by atoms with Crippen LogP contribution >= 0.6 is 0 Å². The highest BCUT2D eigenvalue weighted by molar-refractivity contribution is 6.07. The summed E-state index contributed by atoms with van der Waals surface area (Å²) in [6.45, 7) is 6.64. The average Bonchev–Trinajstić information content (AvgIpc) is 3.48. The minimum absolute atomic E-state index is 0.133. The van der Waals surface area contributed by atoms with E-state index in [1.54, 1.807) is 6.92 Å². The van der Waals surface area contributed by atoms with Crippen molar-refractivity contribution in [2.24, 2.45) is 11.8 Å². The largest absolute Gasteiger partial charge is 0.462 e. The molecule has 2 fully saturated rings. The average molecular weight is 492 g/mol. The first-order valence-corrected chi connectivity index (χ1v) is 13.1. The lowest BCUT2D eigenvalue weighted by atomic mass is 9.77. The Balaban J connectivity index is 1.35. The van der Waals surface area contributed by atoms with Crippen LogP contribution in [0.25, 0.3) is 0 Å². The molecule has 0 aromatic rings. The van der Waals surface area contributed by atoms with Crippen molar-refractivity contribution in [2.75, 3.05) is 33.0 Å². The summed E-state index contributed by atoms with van der Waals surface area (Å²) in [6.07, 6.45) is 14.0. The molecule has 0 aliphatic carbocycles. The first kappa shape index (κ1) is 27.6. The number of nitrogens with zero attached hydrogens (tertiary/aromatic N) is 1. The van der Waals surface area contributed by atoms with Gasteiger partial charge in [-0.1, -0.05) is 63.7 Å². The highest BCUT2D eigenvalue weighted by atomic mass is 16.6. The van der Waals surface area contributed by atoms with E-state index in [9.17, 15) is 14.4 Å². The number of rotatable bonds is 18. The number of esters is 1. The summed E-state index contributed by atoms with van der Waals surface area (Å²) in [4.78, 5) is 38.9. The lowest BCUT2D eigenvalue weighted by molar-refractivity contribution is -0.146. The quantitative estimate of drug-likeness (QED) is 0.103. The lowest BCUT2D eigenvalue weighted by Crippen LogP contribution is -2.44. The molecule has 0 aromatic heterocycles. The Bertz CT molecular complexity index is 794. The molecule has 0 aromatic carbocycles. The third-order valence-electron chi connectivity index (χ3n) is 7.13. The zero-order valence-corrected chi connectivity index (χ0v) is 21.0. The molecule has 2 saturated heterocycles. The highest BCUT2D eigenvalue weighted by Gasteiger charge is 2.67. The monoisotopic (exact) mass is 491 g/mol. The van der Waals surface area contributed by atoms with Gasteiger partial charge in [-0.05, 0) is 26.2 Å². The maximum absolute atomic E-state index is 13.1. The van der Waals surface area contributed by atoms with Crippen LogP contribution in [-0.4, -0.2) is 72.5 Å². The van der Waals surface area contributed by atoms with Crippen LogP contribution in [0.2, 0.25) is 0 Å². The van der Waals surface area contributed by atoms with Crippen LogP contribution < -0.4 is 0 Å². The Morgan fingerprint density at radius 3 is 2.34 bits per heavy atom. The number of carbonyl (C=O) groups excluding carboxylic acids is 3. The molecule has 4 unspecified atom stereocenters. The van der Waals surface area contributed by atoms with E-state index in [-0.39, 0.29) is 37.7 Å². The van der Waals surface area contributed by atoms with E-state index < -0.39 is 23.4 Å². The summed E-state index contributed by atoms with van der Waals surface area (Å²) in [6, 6.07) is 0. The zero-order chi connectivity index (χ0) is 25.3. The fourth-order valence-corrected chi connectivity index (χ4v) is 5.24. The molecule has 8 heteroatoms. The van der Waals surface area contributed by atoms with Crippen molar-refractivity contribution in [1.82, 2.24) is 4.90 Å². The number of hydrogen-bond donors (Lipinski definition) is 1. The van der Waals surface area contributed by atoms with Gasteiger partial charge in [0.05, 0.1) is 31.2 Å². The predicted molar refractivity (Wildman–Crippen MR) is 130 cm³/mol. The zero-order valence-electron chi connectivity index (χ0n) is 21.0. The molecule has 0 spiro atoms. The van der Waals surface area contributed by atoms with Crippen molar-refractivity contribution in [3.8, 4) is 0 Å². The number of carbonyl (C=O) groups is 3. The third-order valence-corrected chi connectivity index (χ3v) is 7.13. The first-order chi connectivity index (χ1) is 16.9. The summed E-state index contributed by atoms with van der Waals surface area (Å²) in [5, 5.41) is 8.79. The van der Waals surface area contributed by atoms with Gasteiger partial charge in [0.2, 0.25) is 11.8 Å². The summed E-state index contributed by atoms with van der Waals surface area (Å²) >= 11 is 0. The molecule has 4 atom stereocenters. The Labute approximate surface area is 208 Å². The molecule has 196 valence electrons. The van der Waals surface area contributed by atoms with E-state index in [0.29, 0.717) is 25.2 Å². The number of ether oxygens (including phenoxy) is 3. The maximum Gasteiger partial charge on any atom is 0.333 e. The molecule has 0 saturated carbocycles. The van der Waals surface area contributed by atoms with Crippen LogP contribution in [0.4, 0.5) is 0 Å². The normalized spacial score (nSPS) is 26.6. The molecule has 1 N–H and O–H groups in total. The number of hydrogen-bond acceptors (Lipinski definition) is 7. The van der Waals surface area contributed by atoms with Crippen LogP contribution in [0.3, 0.4) is 0 Å². The van der Waals surface area contributed by atoms with Crippen molar-refractivity contribution < 1.29 is 33.7 Å². The van der Waals surface area contributed by atoms with E-state index >= 15 is 0 Å². The lowest BCUT2D eigenvalue weighted by Gasteiger charge is -2.28. The van der Waals surface area contributed by atoms with Crippen LogP contribution in [0, 0.1) is 11.8 Å². The molecule has 0 radical (unpaired) electrons. The van der Waals surface area contributed by atoms with Gasteiger partial charge in [0, 0.05) is 25.3 Å². The van der Waals surface area contributed by atoms with Crippen LogP contribution in [0.15, 0.2) is 24.3 Å². The van der Waals surface area contributed by atoms with Gasteiger partial charge in [0.25, 0.3) is 0 Å². The van der Waals surface area contributed by atoms with E-state index in [1.165, 1.54) is 37.0 Å². The minimum atomic E-state index is -0.863. The Morgan fingerprint density at radius 1 is 1.03 bits per heavy atom. The van der Waals surface area contributed by atoms with Gasteiger partial charge in [-0.2, -0.15) is 0 Å². The topological polar surface area (TPSA) is 102 Å². The third kappa shape index (κ3) is 6.80. The molecular formula is C27H41NO7. The fourth-order valence-electron chi connectivity index (χ4n) is 5.24. The standard InChI is InChI=1S/C27H41NO7/c1-20(2)26(32)34-18-12-15-28-24(30)22-21-13-14-27(35-21,23(22)25(28)31)19-33-17-11-9-7-5-3-4-6-8-10-16-29/h13-14,21-23,29H,1,3-12,15-19H2,2H3. The molecule has 35 heavy (non-hydrogen) atoms. The summed E-state index contributed by atoms with van der Waals surface area (Å²) in [7, 11) is 0. The smallest absolute Gasteiger partial charge is 0.333 e. The van der Waals surface area contributed by atoms with Gasteiger partial charge in [-0.25, -0.2) is 4.79 Å². The van der Waals surface area contributed by atoms with Gasteiger partial charge in [-0.3, -0.25) is 14.5 Å². The molecule has 2 amide bonds. The SMILES string of the molecule is C=C(C)C(=O)OCCCN1C(=O)C2C3C=CC(COCCCCCCCCCCCO)(O3)C2C1=O. The van der Waals surface area contributed by atoms with E-state index in [0.717, 1.165) is 25.7 Å². The molecular weight excluding hydrogens is 450 g/mol. The number of aliphatic hydroxyl groups is 1. The van der Waals surface area contributed by atoms with Gasteiger partial charge in [0.15, 0.2) is 0 Å². The minimum Gasteiger partial charge on any atom is -0.462 e. The van der Waals surface area contributed by atoms with Crippen LogP contribution in [-0.2, 0) is 28.6 Å². The van der Waals surface area contributed by atoms with E-state index in [4.69, 9.17) is 19.3 Å². The molecule has 3 rings (SSSR count). The fraction of sp³-hybridized carbons (Fsp3) is 0.741. The number of likely N-dealkylation sites (tertiary alicyclic amines) is 1. The van der Waals surface area contributed by atoms with Gasteiger partial charge in [-0.15, -0.1) is 0 Å². The first-order valence-electron chi connectivity index (χ1n) is 13.1. The van der Waals surface area contributed by atoms with Gasteiger partial charge < -0.3 is 19.3 Å². The van der Waals surface area contributed by atoms with Crippen LogP contribution in [0.1, 0.15) is 71.1 Å². The highest BCUT2D eigenvalue weighted by Crippen LogP contribution is 2.51. The predicted octanol–water partition coefficient (Wildman–Crippen LogP) is 3.32. The molecule has 8 nitrogen and oxygen atoms in total. The Hall–Kier alpha value is -2.03. The van der Waals surface area contributed by atoms with Gasteiger partial charge in [0.1, 0.15) is 5.60 Å². The number of aliphatic hydroxyl groups excluding tert-OH is 1. The Morgan fingerprint density at radius 2 is 1.69 bits per heavy atom. The van der Waals surface area contributed by atoms with Crippen molar-refractivity contribution in [2.45, 2.75) is 82.8 Å². The van der Waals surface area contributed by atoms with Crippen molar-refractivity contribution in [3.05, 3.63) is 24.3 Å². The number of fused-ring (bicyclic) bond motifs is 5. The Kier molecular flexibility index (Phi) is 10.5. The second-order valence-corrected chi connectivity index (χ2v) is 9.96. The molecule has 3 heterocycles.